The van der Waals surface area contributed by atoms with Crippen LogP contribution in [0.4, 0.5) is 0 Å². The highest BCUT2D eigenvalue weighted by molar-refractivity contribution is 5.96. The smallest absolute Gasteiger partial charge is 0.289 e. The molecule has 0 unspecified atom stereocenters. The summed E-state index contributed by atoms with van der Waals surface area (Å²) in [5.74, 6) is 1.29. The van der Waals surface area contributed by atoms with E-state index in [2.05, 4.69) is 0 Å². The number of furan rings is 1. The van der Waals surface area contributed by atoms with Crippen LogP contribution in [0.3, 0.4) is 0 Å². The number of nitrogens with zero attached hydrogens (tertiary/aromatic N) is 2. The number of carbonyl (C=O) groups is 2. The van der Waals surface area contributed by atoms with Gasteiger partial charge in [-0.05, 0) is 30.7 Å². The first-order valence-corrected chi connectivity index (χ1v) is 9.01. The van der Waals surface area contributed by atoms with Gasteiger partial charge in [-0.3, -0.25) is 9.59 Å². The van der Waals surface area contributed by atoms with Gasteiger partial charge in [0, 0.05) is 31.7 Å². The molecule has 8 heteroatoms. The number of hydrogen-bond acceptors (Lipinski definition) is 6. The maximum atomic E-state index is 13.0. The van der Waals surface area contributed by atoms with Crippen LogP contribution in [0.15, 0.2) is 34.9 Å². The summed E-state index contributed by atoms with van der Waals surface area (Å²) in [4.78, 5) is 29.0. The zero-order valence-electron chi connectivity index (χ0n) is 16.3. The summed E-state index contributed by atoms with van der Waals surface area (Å²) in [6.45, 7) is 1.99. The normalized spacial score (nSPS) is 14.4. The van der Waals surface area contributed by atoms with Gasteiger partial charge in [0.2, 0.25) is 5.75 Å². The molecule has 3 rings (SSSR count). The fraction of sp³-hybridized carbons (Fsp3) is 0.400. The molecule has 1 aromatic heterocycles. The molecule has 0 saturated carbocycles. The van der Waals surface area contributed by atoms with Crippen molar-refractivity contribution < 1.29 is 28.2 Å². The van der Waals surface area contributed by atoms with Crippen molar-refractivity contribution in [3.63, 3.8) is 0 Å². The summed E-state index contributed by atoms with van der Waals surface area (Å²) in [5, 5.41) is 0. The van der Waals surface area contributed by atoms with Crippen molar-refractivity contribution in [1.29, 1.82) is 0 Å². The average molecular weight is 388 g/mol. The minimum absolute atomic E-state index is 0.147. The maximum absolute atomic E-state index is 13.0. The van der Waals surface area contributed by atoms with Gasteiger partial charge < -0.3 is 28.4 Å². The van der Waals surface area contributed by atoms with E-state index in [1.165, 1.54) is 27.6 Å². The molecule has 1 aromatic carbocycles. The van der Waals surface area contributed by atoms with Gasteiger partial charge in [0.05, 0.1) is 27.6 Å². The second kappa shape index (κ2) is 8.69. The van der Waals surface area contributed by atoms with Crippen LogP contribution in [0, 0.1) is 0 Å². The van der Waals surface area contributed by atoms with Gasteiger partial charge in [-0.1, -0.05) is 0 Å². The summed E-state index contributed by atoms with van der Waals surface area (Å²) >= 11 is 0. The SMILES string of the molecule is COc1cc(C(=O)N2CCCN(C(=O)c3ccco3)CC2)cc(OC)c1OC. The number of rotatable bonds is 5. The van der Waals surface area contributed by atoms with E-state index in [0.29, 0.717) is 61.2 Å². The van der Waals surface area contributed by atoms with Crippen molar-refractivity contribution in [1.82, 2.24) is 9.80 Å². The Bertz CT molecular complexity index is 808. The van der Waals surface area contributed by atoms with Gasteiger partial charge in [-0.25, -0.2) is 0 Å². The fourth-order valence-electron chi connectivity index (χ4n) is 3.27. The second-order valence-electron chi connectivity index (χ2n) is 6.33. The van der Waals surface area contributed by atoms with E-state index in [1.807, 2.05) is 0 Å². The quantitative estimate of drug-likeness (QED) is 0.782. The lowest BCUT2D eigenvalue weighted by atomic mass is 10.1. The predicted octanol–water partition coefficient (Wildman–Crippen LogP) is 2.29. The predicted molar refractivity (Wildman–Crippen MR) is 101 cm³/mol. The molecule has 28 heavy (non-hydrogen) atoms. The molecule has 1 fully saturated rings. The van der Waals surface area contributed by atoms with E-state index in [-0.39, 0.29) is 11.8 Å². The fourth-order valence-corrected chi connectivity index (χ4v) is 3.27. The third-order valence-electron chi connectivity index (χ3n) is 4.71. The molecule has 1 saturated heterocycles. The first-order chi connectivity index (χ1) is 13.6. The van der Waals surface area contributed by atoms with Gasteiger partial charge in [0.1, 0.15) is 0 Å². The van der Waals surface area contributed by atoms with E-state index in [4.69, 9.17) is 18.6 Å². The number of methoxy groups -OCH3 is 3. The van der Waals surface area contributed by atoms with Crippen molar-refractivity contribution in [3.8, 4) is 17.2 Å². The Morgan fingerprint density at radius 3 is 2.00 bits per heavy atom. The largest absolute Gasteiger partial charge is 0.493 e. The highest BCUT2D eigenvalue weighted by atomic mass is 16.5. The van der Waals surface area contributed by atoms with E-state index in [9.17, 15) is 9.59 Å². The summed E-state index contributed by atoms with van der Waals surface area (Å²) in [7, 11) is 4.53. The maximum Gasteiger partial charge on any atom is 0.289 e. The van der Waals surface area contributed by atoms with Crippen LogP contribution in [0.1, 0.15) is 27.3 Å². The minimum atomic E-state index is -0.160. The lowest BCUT2D eigenvalue weighted by Gasteiger charge is -2.22. The molecule has 150 valence electrons. The van der Waals surface area contributed by atoms with Crippen molar-refractivity contribution >= 4 is 11.8 Å². The molecule has 0 N–H and O–H groups in total. The molecule has 0 atom stereocenters. The first kappa shape index (κ1) is 19.6. The number of amides is 2. The van der Waals surface area contributed by atoms with E-state index >= 15 is 0 Å². The van der Waals surface area contributed by atoms with E-state index in [1.54, 1.807) is 34.1 Å². The zero-order chi connectivity index (χ0) is 20.1. The van der Waals surface area contributed by atoms with Crippen molar-refractivity contribution in [2.75, 3.05) is 47.5 Å². The highest BCUT2D eigenvalue weighted by Gasteiger charge is 2.26. The molecule has 0 aliphatic carbocycles. The topological polar surface area (TPSA) is 81.5 Å². The highest BCUT2D eigenvalue weighted by Crippen LogP contribution is 2.38. The van der Waals surface area contributed by atoms with Crippen LogP contribution in [0.25, 0.3) is 0 Å². The standard InChI is InChI=1S/C20H24N2O6/c1-25-16-12-14(13-17(26-2)18(16)27-3)19(23)21-7-5-8-22(10-9-21)20(24)15-6-4-11-28-15/h4,6,11-13H,5,7-10H2,1-3H3. The first-order valence-electron chi connectivity index (χ1n) is 9.01. The minimum Gasteiger partial charge on any atom is -0.493 e. The van der Waals surface area contributed by atoms with Gasteiger partial charge in [-0.2, -0.15) is 0 Å². The summed E-state index contributed by atoms with van der Waals surface area (Å²) < 4.78 is 21.2. The van der Waals surface area contributed by atoms with Crippen LogP contribution in [-0.2, 0) is 0 Å². The van der Waals surface area contributed by atoms with Crippen molar-refractivity contribution in [2.45, 2.75) is 6.42 Å². The Balaban J connectivity index is 1.75. The summed E-state index contributed by atoms with van der Waals surface area (Å²) in [6, 6.07) is 6.61. The third kappa shape index (κ3) is 3.90. The number of carbonyl (C=O) groups excluding carboxylic acids is 2. The Kier molecular flexibility index (Phi) is 6.08. The molecule has 0 bridgehead atoms. The van der Waals surface area contributed by atoms with Gasteiger partial charge in [0.15, 0.2) is 17.3 Å². The van der Waals surface area contributed by atoms with Gasteiger partial charge in [-0.15, -0.1) is 0 Å². The van der Waals surface area contributed by atoms with Crippen molar-refractivity contribution in [2.24, 2.45) is 0 Å². The van der Waals surface area contributed by atoms with Gasteiger partial charge >= 0.3 is 0 Å². The molecule has 0 spiro atoms. The van der Waals surface area contributed by atoms with E-state index < -0.39 is 0 Å². The molecular formula is C20H24N2O6. The lowest BCUT2D eigenvalue weighted by Crippen LogP contribution is -2.37. The zero-order valence-corrected chi connectivity index (χ0v) is 16.3. The number of benzene rings is 1. The number of hydrogen-bond donors (Lipinski definition) is 0. The summed E-state index contributed by atoms with van der Waals surface area (Å²) in [5.41, 5.74) is 0.445. The molecule has 8 nitrogen and oxygen atoms in total. The van der Waals surface area contributed by atoms with Crippen LogP contribution in [-0.4, -0.2) is 69.1 Å². The Labute approximate surface area is 163 Å². The van der Waals surface area contributed by atoms with Crippen molar-refractivity contribution in [3.05, 3.63) is 41.9 Å². The van der Waals surface area contributed by atoms with Crippen LogP contribution in [0.5, 0.6) is 17.2 Å². The molecule has 2 heterocycles. The second-order valence-corrected chi connectivity index (χ2v) is 6.33. The molecule has 1 aliphatic rings. The van der Waals surface area contributed by atoms with Crippen LogP contribution < -0.4 is 14.2 Å². The summed E-state index contributed by atoms with van der Waals surface area (Å²) in [6.07, 6.45) is 2.16. The average Bonchev–Trinajstić information content (AvgIpc) is 3.16. The van der Waals surface area contributed by atoms with Crippen LogP contribution >= 0.6 is 0 Å². The molecule has 2 amide bonds. The molecule has 2 aromatic rings. The molecule has 1 aliphatic heterocycles. The van der Waals surface area contributed by atoms with Gasteiger partial charge in [0.25, 0.3) is 11.8 Å². The lowest BCUT2D eigenvalue weighted by molar-refractivity contribution is 0.0700. The Morgan fingerprint density at radius 1 is 0.893 bits per heavy atom. The van der Waals surface area contributed by atoms with Crippen LogP contribution in [0.2, 0.25) is 0 Å². The van der Waals surface area contributed by atoms with E-state index in [0.717, 1.165) is 0 Å². The third-order valence-corrected chi connectivity index (χ3v) is 4.71. The molecule has 0 radical (unpaired) electrons. The monoisotopic (exact) mass is 388 g/mol. The Hall–Kier alpha value is -3.16. The number of ether oxygens (including phenoxy) is 3. The molecular weight excluding hydrogens is 364 g/mol. The Morgan fingerprint density at radius 2 is 1.50 bits per heavy atom.